The summed E-state index contributed by atoms with van der Waals surface area (Å²) in [5, 5.41) is 11.3. The van der Waals surface area contributed by atoms with E-state index in [2.05, 4.69) is 34.1 Å². The van der Waals surface area contributed by atoms with Crippen LogP contribution < -0.4 is 5.32 Å². The topological polar surface area (TPSA) is 90.1 Å². The van der Waals surface area contributed by atoms with Gasteiger partial charge < -0.3 is 9.88 Å². The van der Waals surface area contributed by atoms with Gasteiger partial charge in [0.25, 0.3) is 0 Å². The van der Waals surface area contributed by atoms with Gasteiger partial charge in [-0.1, -0.05) is 0 Å². The smallest absolute Gasteiger partial charge is 0.229 e. The van der Waals surface area contributed by atoms with Crippen LogP contribution in [0.1, 0.15) is 66.6 Å². The second-order valence-electron chi connectivity index (χ2n) is 10.4. The molecule has 3 fully saturated rings. The Morgan fingerprint density at radius 3 is 2.81 bits per heavy atom. The number of benzene rings is 1. The monoisotopic (exact) mass is 497 g/mol. The predicted molar refractivity (Wildman–Crippen MR) is 140 cm³/mol. The van der Waals surface area contributed by atoms with E-state index in [4.69, 9.17) is 14.9 Å². The highest BCUT2D eigenvalue weighted by atomic mass is 16.7. The number of nitrogens with zero attached hydrogens (tertiary/aromatic N) is 6. The molecule has 0 radical (unpaired) electrons. The molecule has 9 heteroatoms. The van der Waals surface area contributed by atoms with Crippen LogP contribution in [-0.2, 0) is 17.9 Å². The molecule has 1 saturated heterocycles. The fourth-order valence-electron chi connectivity index (χ4n) is 5.24. The van der Waals surface area contributed by atoms with Gasteiger partial charge >= 0.3 is 0 Å². The third-order valence-corrected chi connectivity index (χ3v) is 7.53. The molecule has 0 bridgehead atoms. The Labute approximate surface area is 215 Å². The number of hydroxylamine groups is 2. The number of fused-ring (bicyclic) bond motifs is 1. The van der Waals surface area contributed by atoms with Crippen LogP contribution in [0.3, 0.4) is 0 Å². The Bertz CT molecular complexity index is 1480. The summed E-state index contributed by atoms with van der Waals surface area (Å²) in [5.41, 5.74) is 5.11. The number of aryl methyl sites for hydroxylation is 1. The summed E-state index contributed by atoms with van der Waals surface area (Å²) in [6.07, 6.45) is 11.3. The predicted octanol–water partition coefficient (Wildman–Crippen LogP) is 4.99. The first-order chi connectivity index (χ1) is 18.2. The highest BCUT2D eigenvalue weighted by Crippen LogP contribution is 2.41. The molecule has 0 spiro atoms. The molecule has 7 rings (SSSR count). The minimum Gasteiger partial charge on any atom is -0.347 e. The van der Waals surface area contributed by atoms with Gasteiger partial charge in [0.1, 0.15) is 0 Å². The van der Waals surface area contributed by atoms with Gasteiger partial charge in [-0.25, -0.2) is 9.67 Å². The van der Waals surface area contributed by atoms with E-state index in [1.807, 2.05) is 34.1 Å². The number of ketones is 1. The van der Waals surface area contributed by atoms with E-state index < -0.39 is 0 Å². The van der Waals surface area contributed by atoms with Gasteiger partial charge in [-0.3, -0.25) is 9.63 Å². The van der Waals surface area contributed by atoms with Crippen LogP contribution in [0.2, 0.25) is 0 Å². The van der Waals surface area contributed by atoms with Gasteiger partial charge in [0, 0.05) is 77.3 Å². The Morgan fingerprint density at radius 2 is 2.05 bits per heavy atom. The van der Waals surface area contributed by atoms with Crippen molar-refractivity contribution in [2.75, 3.05) is 18.5 Å². The van der Waals surface area contributed by atoms with E-state index in [9.17, 15) is 4.79 Å². The number of nitrogens with one attached hydrogen (secondary N) is 1. The lowest BCUT2D eigenvalue weighted by atomic mass is 10.1. The molecule has 1 aromatic carbocycles. The average molecular weight is 498 g/mol. The van der Waals surface area contributed by atoms with Gasteiger partial charge in [0.15, 0.2) is 11.6 Å². The van der Waals surface area contributed by atoms with Crippen molar-refractivity contribution in [2.45, 2.75) is 58.0 Å². The highest BCUT2D eigenvalue weighted by molar-refractivity contribution is 6.10. The zero-order valence-electron chi connectivity index (χ0n) is 21.1. The maximum absolute atomic E-state index is 12.9. The van der Waals surface area contributed by atoms with Crippen molar-refractivity contribution in [2.24, 2.45) is 5.92 Å². The normalized spacial score (nSPS) is 18.1. The van der Waals surface area contributed by atoms with Gasteiger partial charge in [0.2, 0.25) is 5.95 Å². The first-order valence-electron chi connectivity index (χ1n) is 13.4. The van der Waals surface area contributed by atoms with Gasteiger partial charge in [0.05, 0.1) is 18.8 Å². The number of hydrogen-bond acceptors (Lipinski definition) is 7. The molecule has 0 unspecified atom stereocenters. The molecule has 2 aliphatic carbocycles. The lowest BCUT2D eigenvalue weighted by molar-refractivity contribution is -0.117. The third kappa shape index (κ3) is 4.42. The van der Waals surface area contributed by atoms with E-state index in [0.29, 0.717) is 11.9 Å². The van der Waals surface area contributed by atoms with E-state index in [0.717, 1.165) is 79.2 Å². The van der Waals surface area contributed by atoms with Crippen LogP contribution in [0.4, 0.5) is 11.6 Å². The zero-order chi connectivity index (χ0) is 24.9. The average Bonchev–Trinajstić information content (AvgIpc) is 3.82. The van der Waals surface area contributed by atoms with E-state index in [1.54, 1.807) is 6.20 Å². The fraction of sp³-hybridized carbons (Fsp3) is 0.429. The largest absolute Gasteiger partial charge is 0.347 e. The van der Waals surface area contributed by atoms with Crippen molar-refractivity contribution in [1.29, 1.82) is 0 Å². The van der Waals surface area contributed by atoms with Crippen molar-refractivity contribution < 1.29 is 9.63 Å². The zero-order valence-corrected chi connectivity index (χ0v) is 21.1. The van der Waals surface area contributed by atoms with Crippen molar-refractivity contribution in [3.8, 4) is 5.82 Å². The number of carbonyl (C=O) groups excluding carboxylic acids is 1. The highest BCUT2D eigenvalue weighted by Gasteiger charge is 2.32. The maximum Gasteiger partial charge on any atom is 0.229 e. The van der Waals surface area contributed by atoms with Gasteiger partial charge in [-0.05, 0) is 57.2 Å². The first-order valence-corrected chi connectivity index (χ1v) is 13.4. The van der Waals surface area contributed by atoms with Crippen LogP contribution in [0.5, 0.6) is 0 Å². The number of aromatic nitrogens is 5. The van der Waals surface area contributed by atoms with E-state index in [1.165, 1.54) is 18.4 Å². The molecule has 4 aromatic rings. The molecular weight excluding hydrogens is 466 g/mol. The minimum absolute atomic E-state index is 0.184. The van der Waals surface area contributed by atoms with Crippen molar-refractivity contribution in [3.63, 3.8) is 0 Å². The Hall–Kier alpha value is -3.56. The number of hydrogen-bond donors (Lipinski definition) is 1. The standard InChI is InChI=1S/C28H31N7O2/c1-2-33-17-23(27(36)19-6-7-19)22-14-21(8-9-24(22)33)30-28-29-11-10-25(31-28)35-16-20(15-34-12-3-13-37-34)26(32-35)18-4-5-18/h8-11,14,16-19H,2-7,12-13,15H2,1H3,(H,29,30,31). The summed E-state index contributed by atoms with van der Waals surface area (Å²) in [6.45, 7) is 5.42. The Morgan fingerprint density at radius 1 is 1.16 bits per heavy atom. The third-order valence-electron chi connectivity index (χ3n) is 7.53. The molecule has 1 N–H and O–H groups in total. The summed E-state index contributed by atoms with van der Waals surface area (Å²) in [4.78, 5) is 27.9. The molecule has 2 saturated carbocycles. The second kappa shape index (κ2) is 9.08. The quantitative estimate of drug-likeness (QED) is 0.326. The van der Waals surface area contributed by atoms with Crippen molar-refractivity contribution in [3.05, 3.63) is 59.7 Å². The van der Waals surface area contributed by atoms with E-state index >= 15 is 0 Å². The summed E-state index contributed by atoms with van der Waals surface area (Å²) in [7, 11) is 0. The van der Waals surface area contributed by atoms with E-state index in [-0.39, 0.29) is 11.7 Å². The molecule has 3 aliphatic rings. The fourth-order valence-corrected chi connectivity index (χ4v) is 5.24. The molecule has 4 heterocycles. The Balaban J connectivity index is 1.17. The lowest BCUT2D eigenvalue weighted by Crippen LogP contribution is -2.17. The molecule has 37 heavy (non-hydrogen) atoms. The summed E-state index contributed by atoms with van der Waals surface area (Å²) in [6, 6.07) is 8.00. The van der Waals surface area contributed by atoms with Crippen molar-refractivity contribution >= 4 is 28.3 Å². The van der Waals surface area contributed by atoms with Crippen LogP contribution in [-0.4, -0.2) is 48.3 Å². The summed E-state index contributed by atoms with van der Waals surface area (Å²) >= 11 is 0. The number of rotatable bonds is 9. The minimum atomic E-state index is 0.184. The lowest BCUT2D eigenvalue weighted by Gasteiger charge is -2.12. The molecule has 3 aromatic heterocycles. The van der Waals surface area contributed by atoms with Crippen LogP contribution in [0.25, 0.3) is 16.7 Å². The molecule has 0 atom stereocenters. The summed E-state index contributed by atoms with van der Waals surface area (Å²) < 4.78 is 4.01. The first kappa shape index (κ1) is 22.6. The number of carbonyl (C=O) groups is 1. The number of anilines is 2. The maximum atomic E-state index is 12.9. The van der Waals surface area contributed by atoms with Crippen LogP contribution >= 0.6 is 0 Å². The molecule has 9 nitrogen and oxygen atoms in total. The second-order valence-corrected chi connectivity index (χ2v) is 10.4. The molecule has 190 valence electrons. The Kier molecular flexibility index (Phi) is 5.55. The summed E-state index contributed by atoms with van der Waals surface area (Å²) in [5.74, 6) is 2.19. The van der Waals surface area contributed by atoms with Gasteiger partial charge in [-0.15, -0.1) is 0 Å². The van der Waals surface area contributed by atoms with Crippen LogP contribution in [0, 0.1) is 5.92 Å². The SMILES string of the molecule is CCn1cc(C(=O)C2CC2)c2cc(Nc3nccc(-n4cc(CN5CCCO5)c(C5CC5)n4)n3)ccc21. The molecule has 1 aliphatic heterocycles. The van der Waals surface area contributed by atoms with Gasteiger partial charge in [-0.2, -0.15) is 15.1 Å². The van der Waals surface area contributed by atoms with Crippen LogP contribution in [0.15, 0.2) is 42.9 Å². The molecular formula is C28H31N7O2. The molecule has 0 amide bonds. The number of Topliss-reactive ketones (excluding diaryl/α,β-unsaturated/α-hetero) is 1. The van der Waals surface area contributed by atoms with Crippen molar-refractivity contribution in [1.82, 2.24) is 29.4 Å².